The number of benzene rings is 1. The number of nitrogens with one attached hydrogen (secondary N) is 1. The van der Waals surface area contributed by atoms with Gasteiger partial charge in [-0.3, -0.25) is 14.2 Å². The van der Waals surface area contributed by atoms with E-state index in [4.69, 9.17) is 4.74 Å². The summed E-state index contributed by atoms with van der Waals surface area (Å²) in [5.74, 6) is -0.905. The second-order valence-electron chi connectivity index (χ2n) is 6.50. The molecule has 0 fully saturated rings. The van der Waals surface area contributed by atoms with E-state index in [0.29, 0.717) is 12.2 Å². The zero-order valence-corrected chi connectivity index (χ0v) is 16.4. The van der Waals surface area contributed by atoms with Gasteiger partial charge in [-0.15, -0.1) is 0 Å². The number of esters is 1. The minimum atomic E-state index is -0.511. The standard InChI is InChI=1S/C20H23N5O3/c1-5-28-20(27)18-11-17(23-24(18)4)19(26)21-16-8-6-7-15(10-16)12-25-14(3)9-13(2)22-25/h6-11H,5,12H2,1-4H3,(H,21,26). The summed E-state index contributed by atoms with van der Waals surface area (Å²) in [6.45, 7) is 6.56. The molecule has 28 heavy (non-hydrogen) atoms. The lowest BCUT2D eigenvalue weighted by molar-refractivity contribution is 0.0513. The predicted molar refractivity (Wildman–Crippen MR) is 104 cm³/mol. The van der Waals surface area contributed by atoms with Gasteiger partial charge in [0.25, 0.3) is 5.91 Å². The Balaban J connectivity index is 1.73. The van der Waals surface area contributed by atoms with Crippen LogP contribution in [-0.4, -0.2) is 38.0 Å². The average molecular weight is 381 g/mol. The van der Waals surface area contributed by atoms with Crippen molar-refractivity contribution in [3.63, 3.8) is 0 Å². The number of carbonyl (C=O) groups is 2. The van der Waals surface area contributed by atoms with Gasteiger partial charge < -0.3 is 10.1 Å². The van der Waals surface area contributed by atoms with Crippen LogP contribution in [0, 0.1) is 13.8 Å². The number of carbonyl (C=O) groups excluding carboxylic acids is 2. The Morgan fingerprint density at radius 3 is 2.61 bits per heavy atom. The van der Waals surface area contributed by atoms with E-state index in [1.807, 2.05) is 42.8 Å². The molecule has 0 aliphatic rings. The monoisotopic (exact) mass is 381 g/mol. The Hall–Kier alpha value is -3.42. The Morgan fingerprint density at radius 2 is 1.93 bits per heavy atom. The molecule has 3 rings (SSSR count). The summed E-state index contributed by atoms with van der Waals surface area (Å²) in [6, 6.07) is 11.0. The maximum atomic E-state index is 12.5. The highest BCUT2D eigenvalue weighted by Gasteiger charge is 2.18. The summed E-state index contributed by atoms with van der Waals surface area (Å²) in [6.07, 6.45) is 0. The molecule has 2 aromatic heterocycles. The second-order valence-corrected chi connectivity index (χ2v) is 6.50. The first kappa shape index (κ1) is 19.3. The average Bonchev–Trinajstić information content (AvgIpc) is 3.17. The number of amides is 1. The fourth-order valence-electron chi connectivity index (χ4n) is 2.92. The van der Waals surface area contributed by atoms with Crippen molar-refractivity contribution in [1.29, 1.82) is 0 Å². The van der Waals surface area contributed by atoms with E-state index in [1.165, 1.54) is 10.7 Å². The van der Waals surface area contributed by atoms with Gasteiger partial charge in [0.2, 0.25) is 0 Å². The van der Waals surface area contributed by atoms with E-state index in [2.05, 4.69) is 15.5 Å². The van der Waals surface area contributed by atoms with Crippen LogP contribution in [0.4, 0.5) is 5.69 Å². The number of aromatic nitrogens is 4. The topological polar surface area (TPSA) is 91.0 Å². The van der Waals surface area contributed by atoms with Crippen LogP contribution in [0.15, 0.2) is 36.4 Å². The molecule has 0 radical (unpaired) electrons. The minimum Gasteiger partial charge on any atom is -0.461 e. The third-order valence-corrected chi connectivity index (χ3v) is 4.22. The van der Waals surface area contributed by atoms with Crippen LogP contribution in [0.5, 0.6) is 0 Å². The normalized spacial score (nSPS) is 10.7. The summed E-state index contributed by atoms with van der Waals surface area (Å²) < 4.78 is 8.22. The Bertz CT molecular complexity index is 1020. The maximum absolute atomic E-state index is 12.5. The smallest absolute Gasteiger partial charge is 0.356 e. The first-order valence-electron chi connectivity index (χ1n) is 9.00. The SMILES string of the molecule is CCOC(=O)c1cc(C(=O)Nc2cccc(Cn3nc(C)cc3C)c2)nn1C. The van der Waals surface area contributed by atoms with Crippen LogP contribution in [0.1, 0.15) is 44.9 Å². The van der Waals surface area contributed by atoms with Crippen molar-refractivity contribution in [3.8, 4) is 0 Å². The van der Waals surface area contributed by atoms with Gasteiger partial charge in [-0.05, 0) is 44.5 Å². The fourth-order valence-corrected chi connectivity index (χ4v) is 2.92. The van der Waals surface area contributed by atoms with Gasteiger partial charge >= 0.3 is 5.97 Å². The zero-order chi connectivity index (χ0) is 20.3. The Kier molecular flexibility index (Phi) is 5.58. The Labute approximate surface area is 163 Å². The lowest BCUT2D eigenvalue weighted by Gasteiger charge is -2.08. The molecular weight excluding hydrogens is 358 g/mol. The third-order valence-electron chi connectivity index (χ3n) is 4.22. The minimum absolute atomic E-state index is 0.148. The molecule has 2 heterocycles. The molecule has 3 aromatic rings. The highest BCUT2D eigenvalue weighted by Crippen LogP contribution is 2.15. The predicted octanol–water partition coefficient (Wildman–Crippen LogP) is 2.71. The number of nitrogens with zero attached hydrogens (tertiary/aromatic N) is 4. The lowest BCUT2D eigenvalue weighted by Crippen LogP contribution is -2.13. The zero-order valence-electron chi connectivity index (χ0n) is 16.4. The van der Waals surface area contributed by atoms with Crippen LogP contribution in [0.3, 0.4) is 0 Å². The number of aryl methyl sites for hydroxylation is 3. The molecular formula is C20H23N5O3. The first-order valence-corrected chi connectivity index (χ1v) is 9.00. The third kappa shape index (κ3) is 4.28. The van der Waals surface area contributed by atoms with Crippen molar-refractivity contribution in [2.45, 2.75) is 27.3 Å². The number of ether oxygens (including phenoxy) is 1. The molecule has 0 aliphatic carbocycles. The number of rotatable bonds is 6. The van der Waals surface area contributed by atoms with Crippen molar-refractivity contribution in [3.05, 3.63) is 64.7 Å². The molecule has 0 atom stereocenters. The van der Waals surface area contributed by atoms with Crippen LogP contribution in [0.2, 0.25) is 0 Å². The van der Waals surface area contributed by atoms with Gasteiger partial charge in [0.05, 0.1) is 18.8 Å². The largest absolute Gasteiger partial charge is 0.461 e. The van der Waals surface area contributed by atoms with Crippen LogP contribution < -0.4 is 5.32 Å². The molecule has 1 aromatic carbocycles. The molecule has 0 saturated heterocycles. The fraction of sp³-hybridized carbons (Fsp3) is 0.300. The molecule has 8 nitrogen and oxygen atoms in total. The number of hydrogen-bond acceptors (Lipinski definition) is 5. The van der Waals surface area contributed by atoms with Gasteiger partial charge in [-0.2, -0.15) is 10.2 Å². The van der Waals surface area contributed by atoms with E-state index in [1.54, 1.807) is 20.0 Å². The van der Waals surface area contributed by atoms with Crippen molar-refractivity contribution >= 4 is 17.6 Å². The van der Waals surface area contributed by atoms with Gasteiger partial charge in [0.1, 0.15) is 5.69 Å². The van der Waals surface area contributed by atoms with Gasteiger partial charge in [0, 0.05) is 24.5 Å². The van der Waals surface area contributed by atoms with Crippen molar-refractivity contribution in [2.24, 2.45) is 7.05 Å². The summed E-state index contributed by atoms with van der Waals surface area (Å²) in [7, 11) is 1.60. The highest BCUT2D eigenvalue weighted by molar-refractivity contribution is 6.04. The molecule has 0 unspecified atom stereocenters. The van der Waals surface area contributed by atoms with Crippen LogP contribution in [0.25, 0.3) is 0 Å². The van der Waals surface area contributed by atoms with Gasteiger partial charge in [-0.1, -0.05) is 12.1 Å². The van der Waals surface area contributed by atoms with Crippen molar-refractivity contribution in [2.75, 3.05) is 11.9 Å². The van der Waals surface area contributed by atoms with E-state index in [0.717, 1.165) is 17.0 Å². The van der Waals surface area contributed by atoms with Crippen molar-refractivity contribution in [1.82, 2.24) is 19.6 Å². The molecule has 0 aliphatic heterocycles. The summed E-state index contributed by atoms with van der Waals surface area (Å²) in [4.78, 5) is 24.4. The van der Waals surface area contributed by atoms with E-state index in [9.17, 15) is 9.59 Å². The summed E-state index contributed by atoms with van der Waals surface area (Å²) in [5, 5.41) is 11.4. The lowest BCUT2D eigenvalue weighted by atomic mass is 10.2. The Morgan fingerprint density at radius 1 is 1.14 bits per heavy atom. The van der Waals surface area contributed by atoms with E-state index in [-0.39, 0.29) is 18.0 Å². The quantitative estimate of drug-likeness (QED) is 0.663. The molecule has 146 valence electrons. The molecule has 8 heteroatoms. The summed E-state index contributed by atoms with van der Waals surface area (Å²) >= 11 is 0. The maximum Gasteiger partial charge on any atom is 0.356 e. The van der Waals surface area contributed by atoms with Crippen LogP contribution >= 0.6 is 0 Å². The van der Waals surface area contributed by atoms with Gasteiger partial charge in [0.15, 0.2) is 5.69 Å². The van der Waals surface area contributed by atoms with Gasteiger partial charge in [-0.25, -0.2) is 4.79 Å². The van der Waals surface area contributed by atoms with Crippen molar-refractivity contribution < 1.29 is 14.3 Å². The molecule has 0 spiro atoms. The molecule has 1 N–H and O–H groups in total. The second kappa shape index (κ2) is 8.08. The highest BCUT2D eigenvalue weighted by atomic mass is 16.5. The number of anilines is 1. The molecule has 0 saturated carbocycles. The summed E-state index contributed by atoms with van der Waals surface area (Å²) in [5.41, 5.74) is 4.07. The molecule has 0 bridgehead atoms. The first-order chi connectivity index (χ1) is 13.4. The van der Waals surface area contributed by atoms with E-state index >= 15 is 0 Å². The van der Waals surface area contributed by atoms with E-state index < -0.39 is 11.9 Å². The molecule has 1 amide bonds. The number of hydrogen-bond donors (Lipinski definition) is 1. The van der Waals surface area contributed by atoms with Crippen LogP contribution in [-0.2, 0) is 18.3 Å².